The predicted octanol–water partition coefficient (Wildman–Crippen LogP) is 0.644. The van der Waals surface area contributed by atoms with Crippen molar-refractivity contribution >= 4 is 23.0 Å². The maximum Gasteiger partial charge on any atom is 0.392 e. The summed E-state index contributed by atoms with van der Waals surface area (Å²) in [5.74, 6) is -3.20. The highest BCUT2D eigenvalue weighted by molar-refractivity contribution is 5.87. The van der Waals surface area contributed by atoms with Gasteiger partial charge in [-0.25, -0.2) is 14.6 Å². The van der Waals surface area contributed by atoms with Crippen molar-refractivity contribution in [3.63, 3.8) is 0 Å². The molecule has 0 aliphatic carbocycles. The van der Waals surface area contributed by atoms with Gasteiger partial charge in [-0.3, -0.25) is 0 Å². The third kappa shape index (κ3) is 1.95. The summed E-state index contributed by atoms with van der Waals surface area (Å²) >= 11 is 0. The predicted molar refractivity (Wildman–Crippen MR) is 53.6 cm³/mol. The average Bonchev–Trinajstić information content (AvgIpc) is 2.70. The summed E-state index contributed by atoms with van der Waals surface area (Å²) in [6.45, 7) is 0. The lowest BCUT2D eigenvalue weighted by atomic mass is 10.1. The van der Waals surface area contributed by atoms with Crippen molar-refractivity contribution < 1.29 is 29.3 Å². The first-order valence-corrected chi connectivity index (χ1v) is 4.53. The van der Waals surface area contributed by atoms with Gasteiger partial charge in [-0.05, 0) is 17.7 Å². The second-order valence-electron chi connectivity index (χ2n) is 3.29. The lowest BCUT2D eigenvalue weighted by Gasteiger charge is -2.03. The Morgan fingerprint density at radius 1 is 1.29 bits per heavy atom. The summed E-state index contributed by atoms with van der Waals surface area (Å²) in [6.07, 6.45) is -1.68. The van der Waals surface area contributed by atoms with Gasteiger partial charge in [0.1, 0.15) is 5.52 Å². The number of aliphatic hydroxyl groups excluding tert-OH is 1. The van der Waals surface area contributed by atoms with E-state index in [2.05, 4.69) is 4.98 Å². The zero-order valence-electron chi connectivity index (χ0n) is 8.32. The van der Waals surface area contributed by atoms with E-state index in [1.54, 1.807) is 0 Å². The number of carbonyl (C=O) groups is 2. The van der Waals surface area contributed by atoms with Crippen molar-refractivity contribution in [3.05, 3.63) is 29.7 Å². The quantitative estimate of drug-likeness (QED) is 0.716. The van der Waals surface area contributed by atoms with E-state index in [0.29, 0.717) is 0 Å². The van der Waals surface area contributed by atoms with Gasteiger partial charge in [0.25, 0.3) is 0 Å². The minimum Gasteiger partial charge on any atom is -0.479 e. The molecule has 0 aliphatic rings. The topological polar surface area (TPSA) is 121 Å². The second kappa shape index (κ2) is 3.87. The molecule has 88 valence electrons. The van der Waals surface area contributed by atoms with Gasteiger partial charge >= 0.3 is 17.8 Å². The van der Waals surface area contributed by atoms with Gasteiger partial charge in [-0.15, -0.1) is 0 Å². The minimum atomic E-state index is -1.68. The average molecular weight is 237 g/mol. The van der Waals surface area contributed by atoms with Crippen molar-refractivity contribution in [2.45, 2.75) is 6.10 Å². The summed E-state index contributed by atoms with van der Waals surface area (Å²) in [4.78, 5) is 24.8. The molecule has 1 heterocycles. The van der Waals surface area contributed by atoms with Crippen molar-refractivity contribution in [2.75, 3.05) is 0 Å². The van der Waals surface area contributed by atoms with E-state index in [0.717, 1.165) is 0 Å². The molecule has 1 unspecified atom stereocenters. The number of benzene rings is 1. The first-order chi connectivity index (χ1) is 7.99. The Hall–Kier alpha value is -2.41. The van der Waals surface area contributed by atoms with Gasteiger partial charge in [0, 0.05) is 0 Å². The molecule has 0 saturated heterocycles. The fourth-order valence-electron chi connectivity index (χ4n) is 1.35. The van der Waals surface area contributed by atoms with Gasteiger partial charge in [0.05, 0.1) is 0 Å². The number of nitrogens with zero attached hydrogens (tertiary/aromatic N) is 1. The van der Waals surface area contributed by atoms with Crippen LogP contribution in [0, 0.1) is 0 Å². The van der Waals surface area contributed by atoms with Crippen LogP contribution in [0.2, 0.25) is 0 Å². The van der Waals surface area contributed by atoms with Crippen LogP contribution in [-0.4, -0.2) is 32.2 Å². The van der Waals surface area contributed by atoms with Gasteiger partial charge in [0.15, 0.2) is 11.7 Å². The van der Waals surface area contributed by atoms with Crippen LogP contribution in [0.5, 0.6) is 0 Å². The van der Waals surface area contributed by atoms with Crippen molar-refractivity contribution in [1.82, 2.24) is 4.98 Å². The molecule has 7 heteroatoms. The monoisotopic (exact) mass is 237 g/mol. The van der Waals surface area contributed by atoms with Gasteiger partial charge in [0.2, 0.25) is 0 Å². The third-order valence-electron chi connectivity index (χ3n) is 2.14. The Morgan fingerprint density at radius 3 is 2.59 bits per heavy atom. The summed E-state index contributed by atoms with van der Waals surface area (Å²) in [5, 5.41) is 26.6. The van der Waals surface area contributed by atoms with Crippen LogP contribution in [0.25, 0.3) is 11.1 Å². The summed E-state index contributed by atoms with van der Waals surface area (Å²) < 4.78 is 4.88. The molecule has 1 atom stereocenters. The van der Waals surface area contributed by atoms with Gasteiger partial charge < -0.3 is 19.7 Å². The van der Waals surface area contributed by atoms with Crippen LogP contribution in [0.15, 0.2) is 22.6 Å². The Bertz CT molecular complexity index is 602. The molecule has 0 spiro atoms. The van der Waals surface area contributed by atoms with E-state index < -0.39 is 23.9 Å². The number of rotatable bonds is 3. The third-order valence-corrected chi connectivity index (χ3v) is 2.14. The first-order valence-electron chi connectivity index (χ1n) is 4.53. The number of oxazole rings is 1. The Balaban J connectivity index is 2.50. The van der Waals surface area contributed by atoms with Crippen LogP contribution in [0.3, 0.4) is 0 Å². The molecule has 0 radical (unpaired) electrons. The Labute approximate surface area is 93.9 Å². The van der Waals surface area contributed by atoms with Crippen molar-refractivity contribution in [1.29, 1.82) is 0 Å². The summed E-state index contributed by atoms with van der Waals surface area (Å²) in [6, 6.07) is 3.96. The number of aliphatic carboxylic acids is 1. The highest BCUT2D eigenvalue weighted by atomic mass is 16.4. The summed E-state index contributed by atoms with van der Waals surface area (Å²) in [7, 11) is 0. The largest absolute Gasteiger partial charge is 0.479 e. The standard InChI is InChI=1S/C10H7NO6/c12-7(9(13)14)4-1-2-6-5(3-4)11-8(17-6)10(15)16/h1-3,7,12H,(H,13,14)(H,15,16). The molecule has 1 aromatic heterocycles. The van der Waals surface area contributed by atoms with E-state index in [9.17, 15) is 14.7 Å². The molecular formula is C10H7NO6. The number of carboxylic acids is 2. The smallest absolute Gasteiger partial charge is 0.392 e. The molecule has 17 heavy (non-hydrogen) atoms. The summed E-state index contributed by atoms with van der Waals surface area (Å²) in [5.41, 5.74) is 0.499. The SMILES string of the molecule is O=C(O)c1nc2cc(C(O)C(=O)O)ccc2o1. The number of aliphatic hydroxyl groups is 1. The highest BCUT2D eigenvalue weighted by Crippen LogP contribution is 2.21. The number of hydrogen-bond donors (Lipinski definition) is 3. The number of aromatic carboxylic acids is 1. The zero-order valence-corrected chi connectivity index (χ0v) is 8.32. The molecule has 0 saturated carbocycles. The molecule has 1 aromatic carbocycles. The Kier molecular flexibility index (Phi) is 2.52. The normalized spacial score (nSPS) is 12.5. The molecule has 3 N–H and O–H groups in total. The van der Waals surface area contributed by atoms with Gasteiger partial charge in [-0.2, -0.15) is 0 Å². The first kappa shape index (κ1) is 11.1. The van der Waals surface area contributed by atoms with Crippen molar-refractivity contribution in [2.24, 2.45) is 0 Å². The maximum absolute atomic E-state index is 10.6. The van der Waals surface area contributed by atoms with E-state index >= 15 is 0 Å². The second-order valence-corrected chi connectivity index (χ2v) is 3.29. The Morgan fingerprint density at radius 2 is 2.00 bits per heavy atom. The van der Waals surface area contributed by atoms with Crippen LogP contribution in [0.4, 0.5) is 0 Å². The van der Waals surface area contributed by atoms with E-state index in [1.165, 1.54) is 18.2 Å². The van der Waals surface area contributed by atoms with Crippen LogP contribution in [0.1, 0.15) is 22.4 Å². The number of fused-ring (bicyclic) bond motifs is 1. The fraction of sp³-hybridized carbons (Fsp3) is 0.100. The molecule has 0 aliphatic heterocycles. The minimum absolute atomic E-state index is 0.107. The lowest BCUT2D eigenvalue weighted by Crippen LogP contribution is -2.10. The molecular weight excluding hydrogens is 230 g/mol. The molecule has 0 bridgehead atoms. The molecule has 0 amide bonds. The number of hydrogen-bond acceptors (Lipinski definition) is 5. The molecule has 7 nitrogen and oxygen atoms in total. The van der Waals surface area contributed by atoms with E-state index in [4.69, 9.17) is 14.6 Å². The highest BCUT2D eigenvalue weighted by Gasteiger charge is 2.18. The van der Waals surface area contributed by atoms with Crippen LogP contribution < -0.4 is 0 Å². The molecule has 0 fully saturated rings. The van der Waals surface area contributed by atoms with Crippen LogP contribution >= 0.6 is 0 Å². The van der Waals surface area contributed by atoms with E-state index in [1.807, 2.05) is 0 Å². The maximum atomic E-state index is 10.6. The molecule has 2 rings (SSSR count). The number of aromatic nitrogens is 1. The van der Waals surface area contributed by atoms with E-state index in [-0.39, 0.29) is 16.7 Å². The fourth-order valence-corrected chi connectivity index (χ4v) is 1.35. The number of carboxylic acid groups (broad SMARTS) is 2. The molecule has 2 aromatic rings. The van der Waals surface area contributed by atoms with Crippen molar-refractivity contribution in [3.8, 4) is 0 Å². The zero-order chi connectivity index (χ0) is 12.6. The lowest BCUT2D eigenvalue weighted by molar-refractivity contribution is -0.146. The van der Waals surface area contributed by atoms with Gasteiger partial charge in [-0.1, -0.05) is 6.07 Å². The van der Waals surface area contributed by atoms with Crippen LogP contribution in [-0.2, 0) is 4.79 Å².